The van der Waals surface area contributed by atoms with Crippen molar-refractivity contribution in [1.29, 1.82) is 0 Å². The Morgan fingerprint density at radius 2 is 1.67 bits per heavy atom. The van der Waals surface area contributed by atoms with Gasteiger partial charge in [-0.2, -0.15) is 0 Å². The predicted octanol–water partition coefficient (Wildman–Crippen LogP) is 6.04. The molecular formula is C20H15Cl2NO. The van der Waals surface area contributed by atoms with Gasteiger partial charge in [-0.3, -0.25) is 4.99 Å². The first-order valence-corrected chi connectivity index (χ1v) is 8.22. The number of phenolic OH excluding ortho intramolecular Hbond substituents is 1. The third-order valence-electron chi connectivity index (χ3n) is 3.62. The van der Waals surface area contributed by atoms with Gasteiger partial charge in [0.2, 0.25) is 0 Å². The molecule has 0 aromatic heterocycles. The minimum atomic E-state index is 0.190. The van der Waals surface area contributed by atoms with Gasteiger partial charge in [-0.05, 0) is 60.0 Å². The summed E-state index contributed by atoms with van der Waals surface area (Å²) in [7, 11) is 0. The van der Waals surface area contributed by atoms with Gasteiger partial charge < -0.3 is 5.11 Å². The maximum absolute atomic E-state index is 10.0. The van der Waals surface area contributed by atoms with E-state index in [2.05, 4.69) is 4.99 Å². The molecule has 3 aromatic rings. The van der Waals surface area contributed by atoms with Crippen molar-refractivity contribution in [3.05, 3.63) is 93.5 Å². The molecule has 2 nitrogen and oxygen atoms in total. The lowest BCUT2D eigenvalue weighted by Crippen LogP contribution is -1.92. The van der Waals surface area contributed by atoms with Crippen molar-refractivity contribution in [1.82, 2.24) is 0 Å². The summed E-state index contributed by atoms with van der Waals surface area (Å²) in [4.78, 5) is 4.37. The van der Waals surface area contributed by atoms with Gasteiger partial charge in [0.05, 0.1) is 5.69 Å². The van der Waals surface area contributed by atoms with Crippen molar-refractivity contribution in [2.45, 2.75) is 6.42 Å². The minimum absolute atomic E-state index is 0.190. The maximum Gasteiger partial charge on any atom is 0.124 e. The van der Waals surface area contributed by atoms with Crippen molar-refractivity contribution in [2.24, 2.45) is 4.99 Å². The first-order valence-electron chi connectivity index (χ1n) is 7.47. The lowest BCUT2D eigenvalue weighted by atomic mass is 10.0. The number of aromatic hydroxyl groups is 1. The molecule has 0 bridgehead atoms. The van der Waals surface area contributed by atoms with Crippen LogP contribution < -0.4 is 0 Å². The Hall–Kier alpha value is -2.29. The standard InChI is InChI=1S/C20H15Cl2NO/c21-17-6-8-18(9-7-17)23-13-16-12-14(5-10-20(16)24)11-15-3-1-2-4-19(15)22/h1-10,12-13,24H,11H2. The number of phenols is 1. The van der Waals surface area contributed by atoms with Crippen LogP contribution in [0.4, 0.5) is 5.69 Å². The number of halogens is 2. The van der Waals surface area contributed by atoms with Gasteiger partial charge in [-0.25, -0.2) is 0 Å². The average molecular weight is 356 g/mol. The molecule has 0 aliphatic rings. The van der Waals surface area contributed by atoms with Gasteiger partial charge in [0.1, 0.15) is 5.75 Å². The zero-order valence-electron chi connectivity index (χ0n) is 12.8. The highest BCUT2D eigenvalue weighted by atomic mass is 35.5. The molecule has 0 spiro atoms. The van der Waals surface area contributed by atoms with Crippen LogP contribution in [0.25, 0.3) is 0 Å². The van der Waals surface area contributed by atoms with E-state index in [9.17, 15) is 5.11 Å². The average Bonchev–Trinajstić information content (AvgIpc) is 2.59. The molecule has 0 radical (unpaired) electrons. The van der Waals surface area contributed by atoms with Gasteiger partial charge >= 0.3 is 0 Å². The SMILES string of the molecule is Oc1ccc(Cc2ccccc2Cl)cc1C=Nc1ccc(Cl)cc1. The van der Waals surface area contributed by atoms with Crippen molar-refractivity contribution >= 4 is 35.1 Å². The lowest BCUT2D eigenvalue weighted by Gasteiger charge is -2.06. The fraction of sp³-hybridized carbons (Fsp3) is 0.0500. The second kappa shape index (κ2) is 7.52. The molecule has 0 aliphatic carbocycles. The fourth-order valence-electron chi connectivity index (χ4n) is 2.35. The predicted molar refractivity (Wildman–Crippen MR) is 101 cm³/mol. The molecule has 120 valence electrons. The first kappa shape index (κ1) is 16.6. The number of nitrogens with zero attached hydrogens (tertiary/aromatic N) is 1. The van der Waals surface area contributed by atoms with Crippen LogP contribution in [-0.2, 0) is 6.42 Å². The molecule has 0 atom stereocenters. The lowest BCUT2D eigenvalue weighted by molar-refractivity contribution is 0.474. The topological polar surface area (TPSA) is 32.6 Å². The summed E-state index contributed by atoms with van der Waals surface area (Å²) in [6, 6.07) is 20.4. The quantitative estimate of drug-likeness (QED) is 0.568. The van der Waals surface area contributed by atoms with Crippen LogP contribution in [-0.4, -0.2) is 11.3 Å². The second-order valence-corrected chi connectivity index (χ2v) is 6.24. The normalized spacial score (nSPS) is 11.1. The molecule has 0 aliphatic heterocycles. The van der Waals surface area contributed by atoms with Crippen LogP contribution in [0.3, 0.4) is 0 Å². The second-order valence-electron chi connectivity index (χ2n) is 5.40. The summed E-state index contributed by atoms with van der Waals surface area (Å²) >= 11 is 12.1. The van der Waals surface area contributed by atoms with E-state index in [0.717, 1.165) is 21.8 Å². The van der Waals surface area contributed by atoms with E-state index in [0.29, 0.717) is 17.0 Å². The van der Waals surface area contributed by atoms with Gasteiger partial charge in [-0.15, -0.1) is 0 Å². The summed E-state index contributed by atoms with van der Waals surface area (Å²) in [5, 5.41) is 11.4. The van der Waals surface area contributed by atoms with E-state index >= 15 is 0 Å². The number of hydrogen-bond donors (Lipinski definition) is 1. The third kappa shape index (κ3) is 4.16. The number of aliphatic imine (C=N–C) groups is 1. The molecule has 3 aromatic carbocycles. The summed E-state index contributed by atoms with van der Waals surface area (Å²) in [5.74, 6) is 0.190. The molecule has 0 unspecified atom stereocenters. The van der Waals surface area contributed by atoms with E-state index in [4.69, 9.17) is 23.2 Å². The molecule has 4 heteroatoms. The highest BCUT2D eigenvalue weighted by molar-refractivity contribution is 6.31. The zero-order valence-corrected chi connectivity index (χ0v) is 14.3. The summed E-state index contributed by atoms with van der Waals surface area (Å²) in [6.07, 6.45) is 2.34. The van der Waals surface area contributed by atoms with Gasteiger partial charge in [-0.1, -0.05) is 47.5 Å². The van der Waals surface area contributed by atoms with E-state index in [1.165, 1.54) is 0 Å². The van der Waals surface area contributed by atoms with Crippen molar-refractivity contribution in [3.63, 3.8) is 0 Å². The molecular weight excluding hydrogens is 341 g/mol. The minimum Gasteiger partial charge on any atom is -0.507 e. The Morgan fingerprint density at radius 1 is 0.917 bits per heavy atom. The summed E-state index contributed by atoms with van der Waals surface area (Å²) in [5.41, 5.74) is 3.54. The highest BCUT2D eigenvalue weighted by Crippen LogP contribution is 2.23. The molecule has 24 heavy (non-hydrogen) atoms. The molecule has 0 heterocycles. The van der Waals surface area contributed by atoms with Crippen LogP contribution >= 0.6 is 23.2 Å². The van der Waals surface area contributed by atoms with Crippen LogP contribution in [0.15, 0.2) is 71.7 Å². The van der Waals surface area contributed by atoms with Crippen molar-refractivity contribution in [3.8, 4) is 5.75 Å². The van der Waals surface area contributed by atoms with Crippen molar-refractivity contribution < 1.29 is 5.11 Å². The maximum atomic E-state index is 10.0. The number of rotatable bonds is 4. The summed E-state index contributed by atoms with van der Waals surface area (Å²) < 4.78 is 0. The van der Waals surface area contributed by atoms with Gasteiger partial charge in [0.15, 0.2) is 0 Å². The fourth-order valence-corrected chi connectivity index (χ4v) is 2.68. The Bertz CT molecular complexity index is 873. The van der Waals surface area contributed by atoms with Crippen LogP contribution in [0.1, 0.15) is 16.7 Å². The van der Waals surface area contributed by atoms with Gasteiger partial charge in [0, 0.05) is 21.8 Å². The number of hydrogen-bond acceptors (Lipinski definition) is 2. The smallest absolute Gasteiger partial charge is 0.124 e. The van der Waals surface area contributed by atoms with Crippen LogP contribution in [0.5, 0.6) is 5.75 Å². The number of benzene rings is 3. The van der Waals surface area contributed by atoms with Gasteiger partial charge in [0.25, 0.3) is 0 Å². The molecule has 0 amide bonds. The van der Waals surface area contributed by atoms with E-state index in [1.54, 1.807) is 24.4 Å². The van der Waals surface area contributed by atoms with Crippen molar-refractivity contribution in [2.75, 3.05) is 0 Å². The van der Waals surface area contributed by atoms with E-state index in [-0.39, 0.29) is 5.75 Å². The van der Waals surface area contributed by atoms with Crippen LogP contribution in [0, 0.1) is 0 Å². The van der Waals surface area contributed by atoms with E-state index in [1.807, 2.05) is 48.5 Å². The Morgan fingerprint density at radius 3 is 2.42 bits per heavy atom. The van der Waals surface area contributed by atoms with Crippen LogP contribution in [0.2, 0.25) is 10.0 Å². The molecule has 0 fully saturated rings. The Labute approximate surface area is 151 Å². The monoisotopic (exact) mass is 355 g/mol. The molecule has 0 saturated heterocycles. The largest absolute Gasteiger partial charge is 0.507 e. The molecule has 0 saturated carbocycles. The zero-order chi connectivity index (χ0) is 16.9. The Balaban J connectivity index is 1.83. The highest BCUT2D eigenvalue weighted by Gasteiger charge is 2.04. The first-order chi connectivity index (χ1) is 11.6. The van der Waals surface area contributed by atoms with E-state index < -0.39 is 0 Å². The molecule has 1 N–H and O–H groups in total. The third-order valence-corrected chi connectivity index (χ3v) is 4.24. The molecule has 3 rings (SSSR count). The summed E-state index contributed by atoms with van der Waals surface area (Å²) in [6.45, 7) is 0. The Kier molecular flexibility index (Phi) is 5.19.